The number of likely N-dealkylation sites (N-methyl/N-ethyl adjacent to an activating group) is 1. The number of carbonyl (C=O) groups excluding carboxylic acids is 2. The summed E-state index contributed by atoms with van der Waals surface area (Å²) in [5.41, 5.74) is 0. The van der Waals surface area contributed by atoms with Gasteiger partial charge in [-0.2, -0.15) is 0 Å². The maximum atomic E-state index is 13.6. The van der Waals surface area contributed by atoms with Crippen molar-refractivity contribution >= 4 is 19.7 Å². The highest BCUT2D eigenvalue weighted by Gasteiger charge is 2.27. The van der Waals surface area contributed by atoms with Crippen molar-refractivity contribution in [1.29, 1.82) is 0 Å². The molecule has 3 atom stereocenters. The Kier molecular flexibility index (Phi) is 65.9. The first-order valence-corrected chi connectivity index (χ1v) is 39.4. The lowest BCUT2D eigenvalue weighted by Gasteiger charge is -2.30. The van der Waals surface area contributed by atoms with Gasteiger partial charge in [0.25, 0.3) is 7.82 Å². The second-order valence-corrected chi connectivity index (χ2v) is 28.2. The number of amides is 1. The number of esters is 1. The van der Waals surface area contributed by atoms with Gasteiger partial charge in [0.15, 0.2) is 0 Å². The van der Waals surface area contributed by atoms with E-state index in [2.05, 4.69) is 99.0 Å². The SMILES string of the molecule is CC/C=C\C/C=C\C/C=C\C/C=C\C/C=C\C/C=C\CCCCCCCCCCC(=O)NC(COP(=O)([O-])OCC[N+](C)(C)C)C(/C=C/CCCCCCCCCCCCC)OC(=O)CCCCCCCCCCCCCCCCCCCCCCCCC. The molecule has 0 aliphatic rings. The van der Waals surface area contributed by atoms with Gasteiger partial charge in [0.1, 0.15) is 19.3 Å². The Morgan fingerprint density at radius 3 is 1.08 bits per heavy atom. The molecule has 0 saturated carbocycles. The number of ether oxygens (including phenoxy) is 1. The zero-order chi connectivity index (χ0) is 64.9. The normalized spacial score (nSPS) is 13.9. The summed E-state index contributed by atoms with van der Waals surface area (Å²) in [6.45, 7) is 6.77. The highest BCUT2D eigenvalue weighted by atomic mass is 31.2. The molecule has 9 nitrogen and oxygen atoms in total. The van der Waals surface area contributed by atoms with Crippen molar-refractivity contribution in [1.82, 2.24) is 5.32 Å². The third-order valence-corrected chi connectivity index (χ3v) is 17.8. The molecule has 0 saturated heterocycles. The molecule has 518 valence electrons. The van der Waals surface area contributed by atoms with Crippen molar-refractivity contribution in [3.63, 3.8) is 0 Å². The molecule has 0 aromatic rings. The summed E-state index contributed by atoms with van der Waals surface area (Å²) in [6, 6.07) is -0.897. The van der Waals surface area contributed by atoms with Crippen molar-refractivity contribution < 1.29 is 37.3 Å². The summed E-state index contributed by atoms with van der Waals surface area (Å²) in [7, 11) is 1.18. The van der Waals surface area contributed by atoms with Crippen molar-refractivity contribution in [3.05, 3.63) is 85.1 Å². The van der Waals surface area contributed by atoms with Gasteiger partial charge in [0.05, 0.1) is 33.8 Å². The van der Waals surface area contributed by atoms with Crippen LogP contribution in [0.5, 0.6) is 0 Å². The molecule has 1 amide bonds. The predicted octanol–water partition coefficient (Wildman–Crippen LogP) is 23.8. The van der Waals surface area contributed by atoms with Crippen molar-refractivity contribution in [3.8, 4) is 0 Å². The molecule has 0 aromatic carbocycles. The summed E-state index contributed by atoms with van der Waals surface area (Å²) >= 11 is 0. The molecule has 0 aromatic heterocycles. The summed E-state index contributed by atoms with van der Waals surface area (Å²) in [5, 5.41) is 3.05. The monoisotopic (exact) mass is 1270 g/mol. The number of quaternary nitrogens is 1. The second kappa shape index (κ2) is 68.1. The third-order valence-electron chi connectivity index (χ3n) is 16.8. The lowest BCUT2D eigenvalue weighted by molar-refractivity contribution is -0.870. The molecule has 0 aliphatic heterocycles. The first kappa shape index (κ1) is 86.2. The van der Waals surface area contributed by atoms with Gasteiger partial charge in [0.2, 0.25) is 5.91 Å². The molecule has 0 rings (SSSR count). The number of allylic oxidation sites excluding steroid dienone is 13. The number of rotatable bonds is 69. The van der Waals surface area contributed by atoms with E-state index in [1.54, 1.807) is 0 Å². The van der Waals surface area contributed by atoms with Gasteiger partial charge < -0.3 is 28.5 Å². The predicted molar refractivity (Wildman–Crippen MR) is 385 cm³/mol. The van der Waals surface area contributed by atoms with Crippen molar-refractivity contribution in [2.24, 2.45) is 0 Å². The van der Waals surface area contributed by atoms with Gasteiger partial charge in [0, 0.05) is 12.8 Å². The fourth-order valence-electron chi connectivity index (χ4n) is 11.1. The van der Waals surface area contributed by atoms with E-state index in [1.165, 1.54) is 212 Å². The van der Waals surface area contributed by atoms with Crippen LogP contribution in [0.1, 0.15) is 355 Å². The summed E-state index contributed by atoms with van der Waals surface area (Å²) < 4.78 is 30.5. The number of phosphoric ester groups is 1. The minimum absolute atomic E-state index is 0.0253. The van der Waals surface area contributed by atoms with Crippen molar-refractivity contribution in [2.75, 3.05) is 40.9 Å². The maximum absolute atomic E-state index is 13.6. The number of nitrogens with zero attached hydrogens (tertiary/aromatic N) is 1. The molecule has 0 fully saturated rings. The number of nitrogens with one attached hydrogen (secondary N) is 1. The number of carbonyl (C=O) groups is 2. The Bertz CT molecular complexity index is 1800. The smallest absolute Gasteiger partial charge is 0.306 e. The van der Waals surface area contributed by atoms with E-state index >= 15 is 0 Å². The number of phosphoric acid groups is 1. The number of hydrogen-bond acceptors (Lipinski definition) is 7. The van der Waals surface area contributed by atoms with Crippen LogP contribution >= 0.6 is 7.82 Å². The van der Waals surface area contributed by atoms with E-state index in [9.17, 15) is 19.0 Å². The molecular formula is C79H145N2O7P. The highest BCUT2D eigenvalue weighted by molar-refractivity contribution is 7.45. The highest BCUT2D eigenvalue weighted by Crippen LogP contribution is 2.38. The Hall–Kier alpha value is -2.81. The molecular weight excluding hydrogens is 1120 g/mol. The fraction of sp³-hybridized carbons (Fsp3) is 0.797. The lowest BCUT2D eigenvalue weighted by atomic mass is 10.0. The Morgan fingerprint density at radius 2 is 0.719 bits per heavy atom. The van der Waals surface area contributed by atoms with E-state index < -0.39 is 26.6 Å². The van der Waals surface area contributed by atoms with Crippen LogP contribution in [0.3, 0.4) is 0 Å². The molecule has 3 unspecified atom stereocenters. The van der Waals surface area contributed by atoms with Gasteiger partial charge in [-0.25, -0.2) is 0 Å². The summed E-state index contributed by atoms with van der Waals surface area (Å²) in [5.74, 6) is -0.537. The third kappa shape index (κ3) is 69.4. The van der Waals surface area contributed by atoms with Crippen LogP contribution in [0.2, 0.25) is 0 Å². The minimum atomic E-state index is -4.71. The van der Waals surface area contributed by atoms with Crippen molar-refractivity contribution in [2.45, 2.75) is 367 Å². The summed E-state index contributed by atoms with van der Waals surface area (Å²) in [6.07, 6.45) is 91.4. The van der Waals surface area contributed by atoms with Gasteiger partial charge in [-0.1, -0.05) is 344 Å². The average Bonchev–Trinajstić information content (AvgIpc) is 3.65. The van der Waals surface area contributed by atoms with Gasteiger partial charge in [-0.15, -0.1) is 0 Å². The topological polar surface area (TPSA) is 114 Å². The first-order chi connectivity index (χ1) is 43.4. The van der Waals surface area contributed by atoms with Crippen LogP contribution in [0.15, 0.2) is 85.1 Å². The second-order valence-electron chi connectivity index (χ2n) is 26.8. The minimum Gasteiger partial charge on any atom is -0.756 e. The molecule has 89 heavy (non-hydrogen) atoms. The number of unbranched alkanes of at least 4 members (excludes halogenated alkanes) is 41. The fourth-order valence-corrected chi connectivity index (χ4v) is 11.8. The van der Waals surface area contributed by atoms with Crippen LogP contribution in [0, 0.1) is 0 Å². The van der Waals surface area contributed by atoms with E-state index in [1.807, 2.05) is 33.3 Å². The Balaban J connectivity index is 5.05. The van der Waals surface area contributed by atoms with Gasteiger partial charge >= 0.3 is 5.97 Å². The van der Waals surface area contributed by atoms with Crippen LogP contribution in [-0.2, 0) is 27.9 Å². The van der Waals surface area contributed by atoms with Crippen LogP contribution < -0.4 is 10.2 Å². The molecule has 0 spiro atoms. The Morgan fingerprint density at radius 1 is 0.404 bits per heavy atom. The van der Waals surface area contributed by atoms with E-state index in [0.717, 1.165) is 109 Å². The average molecular weight is 1270 g/mol. The van der Waals surface area contributed by atoms with E-state index in [4.69, 9.17) is 13.8 Å². The largest absolute Gasteiger partial charge is 0.756 e. The van der Waals surface area contributed by atoms with E-state index in [-0.39, 0.29) is 24.9 Å². The van der Waals surface area contributed by atoms with Gasteiger partial charge in [-0.05, 0) is 83.1 Å². The number of hydrogen-bond donors (Lipinski definition) is 1. The molecule has 0 aliphatic carbocycles. The molecule has 1 N–H and O–H groups in total. The Labute approximate surface area is 552 Å². The standard InChI is InChI=1S/C79H145N2O7P/c1-7-10-13-16-19-22-25-28-30-32-34-36-38-39-40-41-43-44-46-48-50-53-56-59-62-65-68-71-78(82)80-76(75-87-89(84,85)86-74-73-81(4,5)6)77(70-67-64-61-58-55-52-27-24-21-18-15-12-9-3)88-79(83)72-69-66-63-60-57-54-51-49-47-45-42-37-35-33-31-29-26-23-20-17-14-11-8-2/h10,13,19,22,28,30,34,36,39-40,43-44,67,70,76-77H,7-9,11-12,14-18,20-21,23-27,29,31-33,35,37-38,41-42,45-66,68-69,71-75H2,1-6H3,(H-,80,82,84,85)/b13-10-,22-19-,30-28-,36-34-,40-39-,44-43-,70-67+. The zero-order valence-electron chi connectivity index (χ0n) is 59.4. The first-order valence-electron chi connectivity index (χ1n) is 37.9. The van der Waals surface area contributed by atoms with Crippen LogP contribution in [0.25, 0.3) is 0 Å². The van der Waals surface area contributed by atoms with Crippen LogP contribution in [0.4, 0.5) is 0 Å². The van der Waals surface area contributed by atoms with E-state index in [0.29, 0.717) is 17.4 Å². The van der Waals surface area contributed by atoms with Gasteiger partial charge in [-0.3, -0.25) is 14.2 Å². The maximum Gasteiger partial charge on any atom is 0.306 e. The lowest BCUT2D eigenvalue weighted by Crippen LogP contribution is -2.47. The van der Waals surface area contributed by atoms with Crippen LogP contribution in [-0.4, -0.2) is 69.4 Å². The molecule has 0 radical (unpaired) electrons. The molecule has 10 heteroatoms. The molecule has 0 heterocycles. The summed E-state index contributed by atoms with van der Waals surface area (Å²) in [4.78, 5) is 40.3. The zero-order valence-corrected chi connectivity index (χ0v) is 60.3. The molecule has 0 bridgehead atoms. The quantitative estimate of drug-likeness (QED) is 0.0212.